The summed E-state index contributed by atoms with van der Waals surface area (Å²) in [6.45, 7) is 10.9. The number of amides is 2. The lowest BCUT2D eigenvalue weighted by molar-refractivity contribution is -0.120. The van der Waals surface area contributed by atoms with Gasteiger partial charge in [0.05, 0.1) is 23.6 Å². The van der Waals surface area contributed by atoms with E-state index in [2.05, 4.69) is 17.2 Å². The predicted octanol–water partition coefficient (Wildman–Crippen LogP) is 2.54. The van der Waals surface area contributed by atoms with Crippen LogP contribution in [0.4, 0.5) is 4.79 Å². The van der Waals surface area contributed by atoms with Gasteiger partial charge in [-0.15, -0.1) is 6.58 Å². The highest BCUT2D eigenvalue weighted by Crippen LogP contribution is 2.28. The van der Waals surface area contributed by atoms with Gasteiger partial charge in [0.25, 0.3) is 5.91 Å². The summed E-state index contributed by atoms with van der Waals surface area (Å²) in [5.41, 5.74) is 6.42. The molecule has 2 aliphatic rings. The van der Waals surface area contributed by atoms with Gasteiger partial charge >= 0.3 is 6.09 Å². The van der Waals surface area contributed by atoms with Crippen molar-refractivity contribution in [1.82, 2.24) is 10.6 Å². The van der Waals surface area contributed by atoms with Crippen LogP contribution in [0.15, 0.2) is 71.1 Å². The van der Waals surface area contributed by atoms with Crippen LogP contribution in [0.2, 0.25) is 0 Å². The summed E-state index contributed by atoms with van der Waals surface area (Å²) in [6.07, 6.45) is 5.34. The van der Waals surface area contributed by atoms with E-state index < -0.39 is 53.9 Å². The van der Waals surface area contributed by atoms with Crippen LogP contribution in [-0.2, 0) is 28.6 Å². The number of nitrogens with one attached hydrogen (secondary N) is 2. The van der Waals surface area contributed by atoms with E-state index in [0.717, 1.165) is 6.08 Å². The molecule has 0 aromatic rings. The van der Waals surface area contributed by atoms with Crippen molar-refractivity contribution in [2.75, 3.05) is 20.8 Å². The number of carbonyl (C=O) groups excluding carboxylic acids is 4. The second kappa shape index (κ2) is 16.0. The quantitative estimate of drug-likeness (QED) is 0.271. The van der Waals surface area contributed by atoms with Crippen LogP contribution in [0, 0.1) is 11.8 Å². The van der Waals surface area contributed by atoms with Crippen molar-refractivity contribution >= 4 is 23.6 Å². The van der Waals surface area contributed by atoms with E-state index in [0.29, 0.717) is 12.0 Å². The maximum atomic E-state index is 13.5. The van der Waals surface area contributed by atoms with Gasteiger partial charge in [0.2, 0.25) is 11.6 Å². The third kappa shape index (κ3) is 9.10. The Morgan fingerprint density at radius 1 is 1.21 bits per heavy atom. The lowest BCUT2D eigenvalue weighted by Gasteiger charge is -2.30. The van der Waals surface area contributed by atoms with Crippen molar-refractivity contribution in [2.24, 2.45) is 17.6 Å². The van der Waals surface area contributed by atoms with Gasteiger partial charge in [-0.2, -0.15) is 0 Å². The Bertz CT molecular complexity index is 1210. The van der Waals surface area contributed by atoms with Crippen molar-refractivity contribution in [3.8, 4) is 0 Å². The fourth-order valence-corrected chi connectivity index (χ4v) is 4.95. The number of hydrogen-bond acceptors (Lipinski definition) is 9. The van der Waals surface area contributed by atoms with E-state index in [1.54, 1.807) is 45.1 Å². The minimum absolute atomic E-state index is 0.132. The Hall–Kier alpha value is -3.80. The number of hydrogen-bond donors (Lipinski definition) is 4. The number of Topliss-reactive ketones (excluding diaryl/α,β-unsaturated/α-hetero) is 1. The summed E-state index contributed by atoms with van der Waals surface area (Å²) in [5, 5.41) is 16.7. The SMILES string of the molecule is C=CCNC1=C2C[C@@H](C)CC(OC)[C@H](O)[C@@H](C)/C=C(\C)C(OC(N)=O)[C@@H](OC)/C=C\C=C(/C)C(=O)NC(=CC1=O)C2=O. The standard InChI is InChI=1S/C31H43N3O8/c1-8-12-33-26-21-13-17(2)14-25(41-7)27(36)19(4)15-20(5)29(42-31(32)39)24(40-6)11-9-10-18(3)30(38)34-22(28(21)37)16-23(26)35/h8-11,15-17,19,24-25,27,29,33,36H,1,12-14H2,2-7H3,(H2,32,39)(H,34,38)/b11-9-,18-10+,20-15+/t17-,19+,24+,25?,27-,29?/m1/s1. The van der Waals surface area contributed by atoms with E-state index in [1.807, 2.05) is 6.92 Å². The summed E-state index contributed by atoms with van der Waals surface area (Å²) < 4.78 is 16.6. The van der Waals surface area contributed by atoms with E-state index in [4.69, 9.17) is 19.9 Å². The average Bonchev–Trinajstić information content (AvgIpc) is 2.94. The second-order valence-corrected chi connectivity index (χ2v) is 10.6. The van der Waals surface area contributed by atoms with E-state index in [1.165, 1.54) is 20.3 Å². The number of methoxy groups -OCH3 is 2. The first-order valence-corrected chi connectivity index (χ1v) is 13.8. The number of aliphatic hydroxyl groups excluding tert-OH is 1. The Morgan fingerprint density at radius 3 is 2.50 bits per heavy atom. The number of rotatable bonds is 6. The lowest BCUT2D eigenvalue weighted by atomic mass is 9.85. The largest absolute Gasteiger partial charge is 0.439 e. The van der Waals surface area contributed by atoms with Crippen LogP contribution in [0.5, 0.6) is 0 Å². The molecule has 42 heavy (non-hydrogen) atoms. The Balaban J connectivity index is 2.62. The molecule has 6 atom stereocenters. The van der Waals surface area contributed by atoms with Gasteiger partial charge in [-0.3, -0.25) is 14.4 Å². The average molecular weight is 586 g/mol. The highest BCUT2D eigenvalue weighted by molar-refractivity contribution is 6.23. The number of allylic oxidation sites excluding steroid dienone is 4. The smallest absolute Gasteiger partial charge is 0.405 e. The molecule has 0 aromatic carbocycles. The first kappa shape index (κ1) is 34.4. The molecule has 2 rings (SSSR count). The number of ketones is 2. The number of aliphatic hydroxyl groups is 1. The zero-order valence-corrected chi connectivity index (χ0v) is 25.1. The molecule has 2 amide bonds. The topological polar surface area (TPSA) is 166 Å². The van der Waals surface area contributed by atoms with Gasteiger partial charge in [-0.25, -0.2) is 4.79 Å². The Kier molecular flexibility index (Phi) is 13.1. The van der Waals surface area contributed by atoms with Gasteiger partial charge in [0, 0.05) is 43.9 Å². The fraction of sp³-hybridized carbons (Fsp3) is 0.484. The molecule has 11 heteroatoms. The molecular weight excluding hydrogens is 542 g/mol. The number of fused-ring (bicyclic) bond motifs is 2. The summed E-state index contributed by atoms with van der Waals surface area (Å²) in [6, 6.07) is 0. The Labute approximate surface area is 247 Å². The van der Waals surface area contributed by atoms with Crippen LogP contribution in [-0.4, -0.2) is 73.9 Å². The molecule has 11 nitrogen and oxygen atoms in total. The van der Waals surface area contributed by atoms with Crippen molar-refractivity contribution in [2.45, 2.75) is 65.0 Å². The first-order chi connectivity index (χ1) is 19.8. The Morgan fingerprint density at radius 2 is 1.90 bits per heavy atom. The van der Waals surface area contributed by atoms with Crippen LogP contribution in [0.3, 0.4) is 0 Å². The molecule has 1 heterocycles. The van der Waals surface area contributed by atoms with Crippen LogP contribution in [0.25, 0.3) is 0 Å². The van der Waals surface area contributed by atoms with E-state index in [-0.39, 0.29) is 41.4 Å². The molecule has 0 saturated carbocycles. The summed E-state index contributed by atoms with van der Waals surface area (Å²) in [5.74, 6) is -2.14. The number of ether oxygens (including phenoxy) is 3. The van der Waals surface area contributed by atoms with Gasteiger partial charge < -0.3 is 35.7 Å². The molecular formula is C31H43N3O8. The molecule has 5 N–H and O–H groups in total. The number of carbonyl (C=O) groups is 4. The summed E-state index contributed by atoms with van der Waals surface area (Å²) >= 11 is 0. The molecule has 0 spiro atoms. The lowest BCUT2D eigenvalue weighted by Crippen LogP contribution is -2.37. The predicted molar refractivity (Wildman–Crippen MR) is 158 cm³/mol. The van der Waals surface area contributed by atoms with E-state index in [9.17, 15) is 24.3 Å². The van der Waals surface area contributed by atoms with Crippen molar-refractivity contribution < 1.29 is 38.5 Å². The van der Waals surface area contributed by atoms with Gasteiger partial charge in [-0.05, 0) is 38.2 Å². The van der Waals surface area contributed by atoms with Crippen molar-refractivity contribution in [1.29, 1.82) is 0 Å². The molecule has 0 fully saturated rings. The summed E-state index contributed by atoms with van der Waals surface area (Å²) in [7, 11) is 2.92. The normalized spacial score (nSPS) is 31.6. The molecule has 0 radical (unpaired) electrons. The van der Waals surface area contributed by atoms with Crippen LogP contribution < -0.4 is 16.4 Å². The third-order valence-electron chi connectivity index (χ3n) is 7.22. The monoisotopic (exact) mass is 585 g/mol. The van der Waals surface area contributed by atoms with Gasteiger partial charge in [0.1, 0.15) is 6.10 Å². The molecule has 1 aliphatic heterocycles. The van der Waals surface area contributed by atoms with E-state index >= 15 is 0 Å². The molecule has 0 aromatic heterocycles. The minimum atomic E-state index is -1.00. The van der Waals surface area contributed by atoms with Crippen LogP contribution >= 0.6 is 0 Å². The van der Waals surface area contributed by atoms with Crippen LogP contribution in [0.1, 0.15) is 40.5 Å². The third-order valence-corrected chi connectivity index (χ3v) is 7.22. The molecule has 2 bridgehead atoms. The number of nitrogens with two attached hydrogens (primary N) is 1. The van der Waals surface area contributed by atoms with Crippen molar-refractivity contribution in [3.05, 3.63) is 71.1 Å². The molecule has 0 saturated heterocycles. The molecule has 2 unspecified atom stereocenters. The fourth-order valence-electron chi connectivity index (χ4n) is 4.95. The molecule has 230 valence electrons. The maximum Gasteiger partial charge on any atom is 0.405 e. The van der Waals surface area contributed by atoms with Crippen molar-refractivity contribution in [3.63, 3.8) is 0 Å². The maximum absolute atomic E-state index is 13.5. The second-order valence-electron chi connectivity index (χ2n) is 10.6. The zero-order valence-electron chi connectivity index (χ0n) is 25.1. The minimum Gasteiger partial charge on any atom is -0.439 e. The highest BCUT2D eigenvalue weighted by atomic mass is 16.6. The number of primary amides is 1. The van der Waals surface area contributed by atoms with Gasteiger partial charge in [0.15, 0.2) is 6.10 Å². The van der Waals surface area contributed by atoms with Gasteiger partial charge in [-0.1, -0.05) is 44.2 Å². The zero-order chi connectivity index (χ0) is 31.6. The molecule has 1 aliphatic carbocycles. The first-order valence-electron chi connectivity index (χ1n) is 13.8. The summed E-state index contributed by atoms with van der Waals surface area (Å²) in [4.78, 5) is 51.3. The highest BCUT2D eigenvalue weighted by Gasteiger charge is 2.33.